The third-order valence-corrected chi connectivity index (χ3v) is 5.93. The highest BCUT2D eigenvalue weighted by molar-refractivity contribution is 5.94. The van der Waals surface area contributed by atoms with Crippen molar-refractivity contribution < 1.29 is 14.9 Å². The van der Waals surface area contributed by atoms with Gasteiger partial charge in [0, 0.05) is 23.7 Å². The van der Waals surface area contributed by atoms with Gasteiger partial charge in [-0.2, -0.15) is 5.10 Å². The van der Waals surface area contributed by atoms with Crippen LogP contribution in [0.3, 0.4) is 0 Å². The van der Waals surface area contributed by atoms with Gasteiger partial charge in [-0.25, -0.2) is 4.98 Å². The highest BCUT2D eigenvalue weighted by atomic mass is 16.5. The zero-order chi connectivity index (χ0) is 19.5. The number of aromatic nitrogens is 3. The Labute approximate surface area is 163 Å². The molecule has 1 aromatic carbocycles. The fraction of sp³-hybridized carbons (Fsp3) is 0.429. The van der Waals surface area contributed by atoms with E-state index in [9.17, 15) is 10.2 Å². The number of β-amino-alcohol motifs (C(OH)–C–C–N with tert-alkyl or cyclic N) is 1. The first-order valence-corrected chi connectivity index (χ1v) is 9.70. The van der Waals surface area contributed by atoms with Gasteiger partial charge in [-0.15, -0.1) is 0 Å². The molecule has 2 aliphatic rings. The number of pyridine rings is 1. The third-order valence-electron chi connectivity index (χ3n) is 5.93. The molecular formula is C21H24N4O3. The van der Waals surface area contributed by atoms with Crippen LogP contribution in [-0.2, 0) is 0 Å². The Kier molecular flexibility index (Phi) is 3.86. The van der Waals surface area contributed by atoms with E-state index in [1.165, 1.54) is 0 Å². The number of rotatable bonds is 4. The number of aliphatic hydroxyl groups is 2. The Morgan fingerprint density at radius 1 is 1.21 bits per heavy atom. The van der Waals surface area contributed by atoms with Crippen molar-refractivity contribution in [2.45, 2.75) is 50.5 Å². The number of anilines is 1. The maximum Gasteiger partial charge on any atom is 0.129 e. The Morgan fingerprint density at radius 2 is 2.04 bits per heavy atom. The van der Waals surface area contributed by atoms with Crippen molar-refractivity contribution in [3.05, 3.63) is 36.5 Å². The summed E-state index contributed by atoms with van der Waals surface area (Å²) in [5.41, 5.74) is 2.67. The number of H-pyrrole nitrogens is 1. The van der Waals surface area contributed by atoms with E-state index in [0.717, 1.165) is 46.6 Å². The standard InChI is InChI=1S/C21H24N4O3/c1-12-20(27)17(26)11-25(12)18-9-13(5-8-22-18)19-15-10-14(28-21(2)6-7-21)3-4-16(15)23-24-19/h3-5,8-10,12,17,20,26-27H,6-7,11H2,1-2H3,(H,23,24)/t12?,17-,20-/m0/s1. The van der Waals surface area contributed by atoms with Crippen molar-refractivity contribution >= 4 is 16.7 Å². The Morgan fingerprint density at radius 3 is 2.75 bits per heavy atom. The average molecular weight is 380 g/mol. The van der Waals surface area contributed by atoms with Gasteiger partial charge in [0.2, 0.25) is 0 Å². The van der Waals surface area contributed by atoms with Crippen molar-refractivity contribution in [3.8, 4) is 17.0 Å². The lowest BCUT2D eigenvalue weighted by atomic mass is 10.1. The summed E-state index contributed by atoms with van der Waals surface area (Å²) in [5, 5.41) is 28.6. The summed E-state index contributed by atoms with van der Waals surface area (Å²) in [7, 11) is 0. The second kappa shape index (κ2) is 6.18. The summed E-state index contributed by atoms with van der Waals surface area (Å²) in [6.45, 7) is 4.38. The largest absolute Gasteiger partial charge is 0.488 e. The monoisotopic (exact) mass is 380 g/mol. The van der Waals surface area contributed by atoms with Crippen molar-refractivity contribution in [3.63, 3.8) is 0 Å². The fourth-order valence-corrected chi connectivity index (χ4v) is 3.85. The van der Waals surface area contributed by atoms with Crippen molar-refractivity contribution in [2.24, 2.45) is 0 Å². The minimum absolute atomic E-state index is 0.0328. The maximum absolute atomic E-state index is 10.1. The van der Waals surface area contributed by atoms with Gasteiger partial charge >= 0.3 is 0 Å². The van der Waals surface area contributed by atoms with Gasteiger partial charge in [-0.1, -0.05) is 0 Å². The predicted octanol–water partition coefficient (Wildman–Crippen LogP) is 2.49. The molecule has 3 atom stereocenters. The van der Waals surface area contributed by atoms with Gasteiger partial charge in [0.25, 0.3) is 0 Å². The molecule has 2 fully saturated rings. The van der Waals surface area contributed by atoms with Crippen LogP contribution in [0, 0.1) is 0 Å². The van der Waals surface area contributed by atoms with E-state index in [0.29, 0.717) is 6.54 Å². The van der Waals surface area contributed by atoms with Gasteiger partial charge in [0.1, 0.15) is 29.0 Å². The lowest BCUT2D eigenvalue weighted by Gasteiger charge is -2.23. The fourth-order valence-electron chi connectivity index (χ4n) is 3.85. The Hall–Kier alpha value is -2.64. The van der Waals surface area contributed by atoms with Gasteiger partial charge in [-0.3, -0.25) is 5.10 Å². The second-order valence-corrected chi connectivity index (χ2v) is 8.19. The van der Waals surface area contributed by atoms with Crippen LogP contribution in [0.15, 0.2) is 36.5 Å². The molecule has 1 saturated carbocycles. The predicted molar refractivity (Wildman–Crippen MR) is 106 cm³/mol. The molecule has 2 aromatic heterocycles. The average Bonchev–Trinajstić information content (AvgIpc) is 3.17. The number of hydrogen-bond acceptors (Lipinski definition) is 6. The van der Waals surface area contributed by atoms with Gasteiger partial charge < -0.3 is 19.8 Å². The van der Waals surface area contributed by atoms with E-state index >= 15 is 0 Å². The van der Waals surface area contributed by atoms with Gasteiger partial charge in [-0.05, 0) is 57.0 Å². The summed E-state index contributed by atoms with van der Waals surface area (Å²) in [4.78, 5) is 6.37. The summed E-state index contributed by atoms with van der Waals surface area (Å²) in [6, 6.07) is 9.66. The smallest absolute Gasteiger partial charge is 0.129 e. The van der Waals surface area contributed by atoms with Crippen molar-refractivity contribution in [1.29, 1.82) is 0 Å². The highest BCUT2D eigenvalue weighted by Crippen LogP contribution is 2.40. The van der Waals surface area contributed by atoms with Crippen LogP contribution in [0.25, 0.3) is 22.2 Å². The molecule has 0 amide bonds. The van der Waals surface area contributed by atoms with Crippen LogP contribution in [0.1, 0.15) is 26.7 Å². The third kappa shape index (κ3) is 2.91. The highest BCUT2D eigenvalue weighted by Gasteiger charge is 2.40. The zero-order valence-electron chi connectivity index (χ0n) is 16.0. The molecule has 146 valence electrons. The lowest BCUT2D eigenvalue weighted by Crippen LogP contribution is -2.33. The van der Waals surface area contributed by atoms with E-state index in [2.05, 4.69) is 22.1 Å². The summed E-state index contributed by atoms with van der Waals surface area (Å²) >= 11 is 0. The molecule has 1 aliphatic carbocycles. The van der Waals surface area contributed by atoms with Crippen LogP contribution >= 0.6 is 0 Å². The number of aliphatic hydroxyl groups excluding tert-OH is 2. The van der Waals surface area contributed by atoms with E-state index in [1.807, 2.05) is 42.2 Å². The molecule has 7 nitrogen and oxygen atoms in total. The number of fused-ring (bicyclic) bond motifs is 1. The van der Waals surface area contributed by atoms with Crippen LogP contribution in [0.2, 0.25) is 0 Å². The summed E-state index contributed by atoms with van der Waals surface area (Å²) < 4.78 is 6.11. The molecule has 5 rings (SSSR count). The molecule has 3 N–H and O–H groups in total. The summed E-state index contributed by atoms with van der Waals surface area (Å²) in [6.07, 6.45) is 2.36. The van der Waals surface area contributed by atoms with E-state index in [-0.39, 0.29) is 11.6 Å². The lowest BCUT2D eigenvalue weighted by molar-refractivity contribution is 0.0438. The van der Waals surface area contributed by atoms with E-state index < -0.39 is 12.2 Å². The molecule has 1 saturated heterocycles. The molecule has 0 spiro atoms. The number of nitrogens with one attached hydrogen (secondary N) is 1. The molecule has 3 aromatic rings. The Balaban J connectivity index is 1.51. The summed E-state index contributed by atoms with van der Waals surface area (Å²) in [5.74, 6) is 1.57. The molecule has 3 heterocycles. The van der Waals surface area contributed by atoms with Crippen LogP contribution in [0.5, 0.6) is 5.75 Å². The van der Waals surface area contributed by atoms with Gasteiger partial charge in [0.15, 0.2) is 0 Å². The van der Waals surface area contributed by atoms with Crippen molar-refractivity contribution in [1.82, 2.24) is 15.2 Å². The number of aromatic amines is 1. The SMILES string of the molecule is CC1[C@H](O)[C@@H](O)CN1c1cc(-c2n[nH]c3ccc(OC4(C)CC4)cc23)ccn1. The molecule has 1 aliphatic heterocycles. The number of nitrogens with zero attached hydrogens (tertiary/aromatic N) is 3. The number of hydrogen-bond donors (Lipinski definition) is 3. The molecular weight excluding hydrogens is 356 g/mol. The topological polar surface area (TPSA) is 94.5 Å². The molecule has 1 unspecified atom stereocenters. The van der Waals surface area contributed by atoms with Crippen molar-refractivity contribution in [2.75, 3.05) is 11.4 Å². The van der Waals surface area contributed by atoms with E-state index in [4.69, 9.17) is 4.74 Å². The number of benzene rings is 1. The Bertz CT molecular complexity index is 1030. The quantitative estimate of drug-likeness (QED) is 0.644. The second-order valence-electron chi connectivity index (χ2n) is 8.19. The van der Waals surface area contributed by atoms with E-state index in [1.54, 1.807) is 6.20 Å². The minimum Gasteiger partial charge on any atom is -0.488 e. The van der Waals surface area contributed by atoms with Gasteiger partial charge in [0.05, 0.1) is 17.7 Å². The zero-order valence-corrected chi connectivity index (χ0v) is 16.0. The molecule has 28 heavy (non-hydrogen) atoms. The van der Waals surface area contributed by atoms with Crippen LogP contribution in [0.4, 0.5) is 5.82 Å². The van der Waals surface area contributed by atoms with Crippen LogP contribution < -0.4 is 9.64 Å². The molecule has 0 bridgehead atoms. The van der Waals surface area contributed by atoms with Crippen LogP contribution in [-0.4, -0.2) is 55.8 Å². The normalized spacial score (nSPS) is 26.0. The first-order chi connectivity index (χ1) is 13.4. The first kappa shape index (κ1) is 17.5. The molecule has 0 radical (unpaired) electrons. The maximum atomic E-state index is 10.1. The molecule has 7 heteroatoms. The minimum atomic E-state index is -0.778. The number of ether oxygens (including phenoxy) is 1. The first-order valence-electron chi connectivity index (χ1n) is 9.70.